The summed E-state index contributed by atoms with van der Waals surface area (Å²) in [5.74, 6) is 2.53. The molecule has 0 aliphatic carbocycles. The Bertz CT molecular complexity index is 3670. The van der Waals surface area contributed by atoms with Crippen LogP contribution in [-0.4, -0.2) is 23.5 Å². The van der Waals surface area contributed by atoms with Crippen molar-refractivity contribution in [3.8, 4) is 23.0 Å². The van der Waals surface area contributed by atoms with Gasteiger partial charge in [0.2, 0.25) is 5.78 Å². The molecule has 12 rings (SSSR count). The molecule has 310 valence electrons. The van der Waals surface area contributed by atoms with E-state index in [-0.39, 0.29) is 32.0 Å². The molecule has 7 aromatic carbocycles. The quantitative estimate of drug-likeness (QED) is 0.155. The smallest absolute Gasteiger partial charge is 0.220 e. The molecule has 4 aromatic heterocycles. The number of ether oxygens (including phenoxy) is 1. The van der Waals surface area contributed by atoms with Gasteiger partial charge in [-0.2, -0.15) is 12.1 Å². The van der Waals surface area contributed by atoms with Crippen LogP contribution in [0.15, 0.2) is 164 Å². The summed E-state index contributed by atoms with van der Waals surface area (Å²) in [5.41, 5.74) is 10.7. The second kappa shape index (κ2) is 14.7. The molecule has 0 bridgehead atoms. The zero-order chi connectivity index (χ0) is 44.2. The van der Waals surface area contributed by atoms with Crippen LogP contribution in [0.5, 0.6) is 11.5 Å². The molecule has 0 spiro atoms. The van der Waals surface area contributed by atoms with E-state index in [4.69, 9.17) is 18.8 Å². The van der Waals surface area contributed by atoms with E-state index in [0.29, 0.717) is 22.8 Å². The number of nitrogens with zero attached hydrogens (tertiary/aromatic N) is 7. The molecule has 0 fully saturated rings. The Kier molecular flexibility index (Phi) is 8.30. The fourth-order valence-electron chi connectivity index (χ4n) is 8.93. The van der Waals surface area contributed by atoms with Crippen molar-refractivity contribution in [1.29, 1.82) is 0 Å². The fraction of sp³-hybridized carbons (Fsp3) is 0.0926. The van der Waals surface area contributed by atoms with Crippen molar-refractivity contribution >= 4 is 72.4 Å². The minimum Gasteiger partial charge on any atom is -0.509 e. The summed E-state index contributed by atoms with van der Waals surface area (Å²) in [5, 5.41) is 2.17. The van der Waals surface area contributed by atoms with Gasteiger partial charge < -0.3 is 19.1 Å². The maximum absolute atomic E-state index is 8.33. The number of benzene rings is 7. The molecule has 0 atom stereocenters. The number of pyridine rings is 1. The molecule has 11 aromatic rings. The topological polar surface area (TPSA) is 55.8 Å². The van der Waals surface area contributed by atoms with E-state index in [0.717, 1.165) is 72.6 Å². The van der Waals surface area contributed by atoms with Crippen molar-refractivity contribution in [2.24, 2.45) is 0 Å². The van der Waals surface area contributed by atoms with Crippen molar-refractivity contribution in [2.45, 2.75) is 33.0 Å². The molecule has 0 saturated carbocycles. The summed E-state index contributed by atoms with van der Waals surface area (Å²) in [7, 11) is 0. The van der Waals surface area contributed by atoms with Crippen molar-refractivity contribution in [1.82, 2.24) is 23.5 Å². The summed E-state index contributed by atoms with van der Waals surface area (Å²) >= 11 is 0. The van der Waals surface area contributed by atoms with Gasteiger partial charge in [-0.05, 0) is 89.4 Å². The first kappa shape index (κ1) is 35.4. The van der Waals surface area contributed by atoms with Crippen LogP contribution in [0, 0.1) is 25.7 Å². The predicted molar refractivity (Wildman–Crippen MR) is 251 cm³/mol. The molecule has 5 heterocycles. The summed E-state index contributed by atoms with van der Waals surface area (Å²) in [6.45, 7) is 6.38. The van der Waals surface area contributed by atoms with Crippen LogP contribution in [-0.2, 0) is 26.5 Å². The Balaban J connectivity index is 0.00000481. The van der Waals surface area contributed by atoms with Gasteiger partial charge in [0.15, 0.2) is 0 Å². The second-order valence-corrected chi connectivity index (χ2v) is 16.7. The SMILES string of the molecule is [2H]C([2H])([2H])c1cccc2c1nc1n(-c3ccccc3)c3c4c(ccc3n21)N(c1[c-]c(Oc2[c-]c3c(cc2)c2ccccc2n3-c2cc(C(C)(C)C)ccn2)ccc1)[CH-]N4c1ccccc1.[Pt]. The molecule has 9 heteroatoms. The first-order valence-corrected chi connectivity index (χ1v) is 20.7. The number of fused-ring (bicyclic) bond motifs is 10. The average Bonchev–Trinajstić information content (AvgIpc) is 4.06. The van der Waals surface area contributed by atoms with Gasteiger partial charge in [-0.15, -0.1) is 48.1 Å². The van der Waals surface area contributed by atoms with E-state index in [1.807, 2.05) is 85.1 Å². The molecular weight excluding hydrogens is 958 g/mol. The molecule has 1 aliphatic heterocycles. The van der Waals surface area contributed by atoms with Crippen molar-refractivity contribution < 1.29 is 29.9 Å². The summed E-state index contributed by atoms with van der Waals surface area (Å²) < 4.78 is 38.0. The Labute approximate surface area is 383 Å². The minimum atomic E-state index is -2.33. The molecule has 0 unspecified atom stereocenters. The number of rotatable bonds is 6. The zero-order valence-electron chi connectivity index (χ0n) is 37.5. The fourth-order valence-corrected chi connectivity index (χ4v) is 8.93. The molecular formula is C54H40N7OPt-3. The number of aryl methyl sites for hydroxylation is 1. The number of para-hydroxylation sites is 4. The Morgan fingerprint density at radius 1 is 0.651 bits per heavy atom. The van der Waals surface area contributed by atoms with Crippen LogP contribution in [0.1, 0.15) is 36.0 Å². The van der Waals surface area contributed by atoms with E-state index >= 15 is 0 Å². The molecule has 0 amide bonds. The third kappa shape index (κ3) is 6.15. The molecule has 0 saturated heterocycles. The van der Waals surface area contributed by atoms with E-state index < -0.39 is 6.85 Å². The number of anilines is 4. The normalized spacial score (nSPS) is 13.7. The summed E-state index contributed by atoms with van der Waals surface area (Å²) in [6.07, 6.45) is 1.88. The van der Waals surface area contributed by atoms with E-state index in [9.17, 15) is 0 Å². The molecule has 63 heavy (non-hydrogen) atoms. The zero-order valence-corrected chi connectivity index (χ0v) is 36.8. The van der Waals surface area contributed by atoms with Gasteiger partial charge in [-0.1, -0.05) is 93.0 Å². The van der Waals surface area contributed by atoms with Crippen LogP contribution < -0.4 is 14.5 Å². The van der Waals surface area contributed by atoms with Crippen LogP contribution >= 0.6 is 0 Å². The van der Waals surface area contributed by atoms with Gasteiger partial charge in [0.1, 0.15) is 5.82 Å². The van der Waals surface area contributed by atoms with Crippen LogP contribution in [0.2, 0.25) is 0 Å². The standard InChI is InChI=1S/C54H40N7O.Pt/c1-35-15-13-24-45-50(35)56-53-59(38-18-9-6-10-19-38)52-47(61(45)53)28-27-46-51(52)58(37-16-7-5-8-17-37)34-57(46)39-20-14-21-40(32-39)62-41-25-26-43-42-22-11-12-23-44(42)60(48(43)33-41)49-31-36(29-30-55-49)54(2,3)4;/h5-31,34H,1-4H3;/q-3;/i1D3;. The van der Waals surface area contributed by atoms with Gasteiger partial charge in [0, 0.05) is 65.5 Å². The first-order chi connectivity index (χ1) is 31.5. The largest absolute Gasteiger partial charge is 0.509 e. The number of hydrogen-bond acceptors (Lipinski definition) is 5. The molecule has 1 aliphatic rings. The van der Waals surface area contributed by atoms with Crippen LogP contribution in [0.4, 0.5) is 22.7 Å². The molecule has 0 N–H and O–H groups in total. The second-order valence-electron chi connectivity index (χ2n) is 16.7. The van der Waals surface area contributed by atoms with Gasteiger partial charge in [-0.25, -0.2) is 9.97 Å². The van der Waals surface area contributed by atoms with Gasteiger partial charge in [0.05, 0.1) is 27.8 Å². The van der Waals surface area contributed by atoms with Gasteiger partial charge >= 0.3 is 0 Å². The van der Waals surface area contributed by atoms with E-state index in [2.05, 4.69) is 130 Å². The minimum absolute atomic E-state index is 0. The number of imidazole rings is 2. The molecule has 0 radical (unpaired) electrons. The first-order valence-electron chi connectivity index (χ1n) is 22.2. The Morgan fingerprint density at radius 2 is 1.40 bits per heavy atom. The van der Waals surface area contributed by atoms with E-state index in [1.165, 1.54) is 5.56 Å². The van der Waals surface area contributed by atoms with Crippen molar-refractivity contribution in [3.05, 3.63) is 194 Å². The summed E-state index contributed by atoms with van der Waals surface area (Å²) in [6, 6.07) is 59.7. The van der Waals surface area contributed by atoms with Crippen LogP contribution in [0.25, 0.3) is 61.2 Å². The van der Waals surface area contributed by atoms with Crippen LogP contribution in [0.3, 0.4) is 0 Å². The van der Waals surface area contributed by atoms with E-state index in [1.54, 1.807) is 12.1 Å². The monoisotopic (exact) mass is 1000 g/mol. The third-order valence-electron chi connectivity index (χ3n) is 11.9. The predicted octanol–water partition coefficient (Wildman–Crippen LogP) is 13.3. The molecule has 8 nitrogen and oxygen atoms in total. The maximum Gasteiger partial charge on any atom is 0.220 e. The Morgan fingerprint density at radius 3 is 2.21 bits per heavy atom. The van der Waals surface area contributed by atoms with Gasteiger partial charge in [0.25, 0.3) is 0 Å². The number of hydrogen-bond donors (Lipinski definition) is 0. The maximum atomic E-state index is 8.33. The third-order valence-corrected chi connectivity index (χ3v) is 11.9. The number of aromatic nitrogens is 5. The van der Waals surface area contributed by atoms with Gasteiger partial charge in [-0.3, -0.25) is 8.97 Å². The summed E-state index contributed by atoms with van der Waals surface area (Å²) in [4.78, 5) is 14.3. The van der Waals surface area contributed by atoms with Crippen molar-refractivity contribution in [2.75, 3.05) is 9.80 Å². The average molecular weight is 1000 g/mol. The van der Waals surface area contributed by atoms with Crippen molar-refractivity contribution in [3.63, 3.8) is 0 Å². The Hall–Kier alpha value is -7.15.